The van der Waals surface area contributed by atoms with Crippen LogP contribution >= 0.6 is 0 Å². The van der Waals surface area contributed by atoms with Crippen LogP contribution in [0.4, 0.5) is 5.69 Å². The minimum Gasteiger partial charge on any atom is -0.488 e. The quantitative estimate of drug-likeness (QED) is 0.386. The lowest BCUT2D eigenvalue weighted by molar-refractivity contribution is 0.0506. The Balaban J connectivity index is 1.25. The van der Waals surface area contributed by atoms with E-state index in [9.17, 15) is 5.11 Å². The van der Waals surface area contributed by atoms with Crippen molar-refractivity contribution in [1.29, 1.82) is 0 Å². The molecule has 39 heavy (non-hydrogen) atoms. The Morgan fingerprint density at radius 1 is 0.949 bits per heavy atom. The number of benzene rings is 3. The van der Waals surface area contributed by atoms with E-state index in [1.807, 2.05) is 0 Å². The highest BCUT2D eigenvalue weighted by Gasteiger charge is 2.42. The van der Waals surface area contributed by atoms with Crippen molar-refractivity contribution < 1.29 is 14.6 Å². The fourth-order valence-corrected chi connectivity index (χ4v) is 7.18. The molecule has 1 spiro atoms. The molecule has 0 aromatic heterocycles. The molecule has 1 N–H and O–H groups in total. The van der Waals surface area contributed by atoms with E-state index < -0.39 is 0 Å². The van der Waals surface area contributed by atoms with Gasteiger partial charge < -0.3 is 19.5 Å². The zero-order chi connectivity index (χ0) is 27.0. The molecule has 2 fully saturated rings. The summed E-state index contributed by atoms with van der Waals surface area (Å²) in [5, 5.41) is 9.51. The third kappa shape index (κ3) is 5.60. The van der Waals surface area contributed by atoms with E-state index in [0.717, 1.165) is 57.6 Å². The fraction of sp³-hybridized carbons (Fsp3) is 0.486. The highest BCUT2D eigenvalue weighted by Crippen LogP contribution is 2.48. The second-order valence-electron chi connectivity index (χ2n) is 13.0. The molecule has 3 aliphatic rings. The summed E-state index contributed by atoms with van der Waals surface area (Å²) in [6.45, 7) is 9.38. The summed E-state index contributed by atoms with van der Waals surface area (Å²) < 4.78 is 12.1. The second kappa shape index (κ2) is 10.6. The highest BCUT2D eigenvalue weighted by molar-refractivity contribution is 5.53. The lowest BCUT2D eigenvalue weighted by Gasteiger charge is -2.40. The minimum atomic E-state index is -0.204. The van der Waals surface area contributed by atoms with E-state index in [4.69, 9.17) is 9.47 Å². The maximum absolute atomic E-state index is 9.51. The summed E-state index contributed by atoms with van der Waals surface area (Å²) >= 11 is 0. The van der Waals surface area contributed by atoms with Crippen LogP contribution in [-0.4, -0.2) is 43.1 Å². The predicted octanol–water partition coefficient (Wildman–Crippen LogP) is 7.09. The molecule has 2 heterocycles. The van der Waals surface area contributed by atoms with Gasteiger partial charge in [0.05, 0.1) is 19.3 Å². The molecule has 0 saturated carbocycles. The van der Waals surface area contributed by atoms with Crippen molar-refractivity contribution in [3.8, 4) is 5.75 Å². The predicted molar refractivity (Wildman–Crippen MR) is 158 cm³/mol. The molecule has 0 bridgehead atoms. The molecule has 4 nitrogen and oxygen atoms in total. The van der Waals surface area contributed by atoms with Crippen LogP contribution < -0.4 is 9.64 Å². The van der Waals surface area contributed by atoms with Crippen molar-refractivity contribution in [3.63, 3.8) is 0 Å². The topological polar surface area (TPSA) is 41.9 Å². The third-order valence-corrected chi connectivity index (χ3v) is 9.16. The zero-order valence-corrected chi connectivity index (χ0v) is 23.7. The van der Waals surface area contributed by atoms with Crippen LogP contribution in [0.5, 0.6) is 5.75 Å². The Labute approximate surface area is 234 Å². The molecular weight excluding hydrogens is 482 g/mol. The van der Waals surface area contributed by atoms with E-state index in [0.29, 0.717) is 11.8 Å². The van der Waals surface area contributed by atoms with Crippen molar-refractivity contribution in [1.82, 2.24) is 0 Å². The number of ether oxygens (including phenoxy) is 2. The van der Waals surface area contributed by atoms with Crippen LogP contribution in [0, 0.1) is 5.41 Å². The largest absolute Gasteiger partial charge is 0.488 e. The molecule has 2 aliphatic heterocycles. The maximum atomic E-state index is 9.51. The fourth-order valence-electron chi connectivity index (χ4n) is 7.18. The molecule has 1 aliphatic carbocycles. The van der Waals surface area contributed by atoms with Crippen molar-refractivity contribution in [2.45, 2.75) is 76.4 Å². The van der Waals surface area contributed by atoms with Crippen molar-refractivity contribution in [3.05, 3.63) is 95.1 Å². The summed E-state index contributed by atoms with van der Waals surface area (Å²) in [6, 6.07) is 27.2. The summed E-state index contributed by atoms with van der Waals surface area (Å²) in [5.41, 5.74) is 7.03. The van der Waals surface area contributed by atoms with Crippen LogP contribution in [-0.2, 0) is 11.2 Å². The van der Waals surface area contributed by atoms with Crippen LogP contribution in [0.15, 0.2) is 72.8 Å². The molecule has 0 radical (unpaired) electrons. The van der Waals surface area contributed by atoms with Crippen LogP contribution in [0.2, 0.25) is 0 Å². The van der Waals surface area contributed by atoms with Gasteiger partial charge in [0.2, 0.25) is 0 Å². The van der Waals surface area contributed by atoms with Crippen molar-refractivity contribution in [2.24, 2.45) is 5.41 Å². The number of rotatable bonds is 5. The minimum absolute atomic E-state index is 0.0304. The van der Waals surface area contributed by atoms with Gasteiger partial charge in [0.15, 0.2) is 0 Å². The van der Waals surface area contributed by atoms with Gasteiger partial charge in [-0.05, 0) is 111 Å². The van der Waals surface area contributed by atoms with Gasteiger partial charge in [-0.1, -0.05) is 48.5 Å². The lowest BCUT2D eigenvalue weighted by Crippen LogP contribution is -2.40. The first kappa shape index (κ1) is 26.4. The molecule has 4 heteroatoms. The first-order chi connectivity index (χ1) is 18.8. The van der Waals surface area contributed by atoms with E-state index in [-0.39, 0.29) is 23.7 Å². The van der Waals surface area contributed by atoms with Gasteiger partial charge in [-0.15, -0.1) is 0 Å². The SMILES string of the molecule is CC(C)(C)Oc1ccc2c(c1)CC[C@H](c1ccccc1)[C@@H]2c1ccc(N2CCC3(CC2)COC(CO)C3)cc1. The first-order valence-electron chi connectivity index (χ1n) is 14.8. The second-order valence-corrected chi connectivity index (χ2v) is 13.0. The molecule has 0 amide bonds. The summed E-state index contributed by atoms with van der Waals surface area (Å²) in [6.07, 6.45) is 5.50. The average molecular weight is 526 g/mol. The number of fused-ring (bicyclic) bond motifs is 1. The maximum Gasteiger partial charge on any atom is 0.120 e. The van der Waals surface area contributed by atoms with E-state index in [1.165, 1.54) is 27.9 Å². The number of anilines is 1. The standard InChI is InChI=1S/C35H43NO3/c1-34(2,3)39-29-14-16-32-27(21-29)11-15-31(25-7-5-4-6-8-25)33(32)26-9-12-28(13-10-26)36-19-17-35(18-20-36)22-30(23-37)38-24-35/h4-10,12-14,16,21,30-31,33,37H,11,15,17-20,22-24H2,1-3H3/t30?,31-,33+/m1/s1. The number of nitrogens with zero attached hydrogens (tertiary/aromatic N) is 1. The Bertz CT molecular complexity index is 1260. The number of aliphatic hydroxyl groups is 1. The molecule has 3 atom stereocenters. The third-order valence-electron chi connectivity index (χ3n) is 9.16. The van der Waals surface area contributed by atoms with Gasteiger partial charge in [-0.3, -0.25) is 0 Å². The Kier molecular flexibility index (Phi) is 7.20. The highest BCUT2D eigenvalue weighted by atomic mass is 16.5. The van der Waals surface area contributed by atoms with Gasteiger partial charge in [0.1, 0.15) is 11.4 Å². The number of aryl methyl sites for hydroxylation is 1. The monoisotopic (exact) mass is 525 g/mol. The van der Waals surface area contributed by atoms with Crippen LogP contribution in [0.25, 0.3) is 0 Å². The Morgan fingerprint density at radius 2 is 1.69 bits per heavy atom. The van der Waals surface area contributed by atoms with E-state index in [2.05, 4.69) is 98.5 Å². The number of piperidine rings is 1. The molecule has 6 rings (SSSR count). The average Bonchev–Trinajstić information content (AvgIpc) is 3.35. The lowest BCUT2D eigenvalue weighted by atomic mass is 9.69. The summed E-state index contributed by atoms with van der Waals surface area (Å²) in [4.78, 5) is 2.53. The van der Waals surface area contributed by atoms with Gasteiger partial charge in [0.25, 0.3) is 0 Å². The van der Waals surface area contributed by atoms with Gasteiger partial charge in [-0.25, -0.2) is 0 Å². The molecule has 3 aromatic carbocycles. The number of hydrogen-bond donors (Lipinski definition) is 1. The number of aliphatic hydroxyl groups excluding tert-OH is 1. The first-order valence-corrected chi connectivity index (χ1v) is 14.8. The molecule has 2 saturated heterocycles. The number of hydrogen-bond acceptors (Lipinski definition) is 4. The molecule has 3 aromatic rings. The summed E-state index contributed by atoms with van der Waals surface area (Å²) in [7, 11) is 0. The van der Waals surface area contributed by atoms with Gasteiger partial charge >= 0.3 is 0 Å². The normalized spacial score (nSPS) is 24.5. The molecule has 1 unspecified atom stereocenters. The smallest absolute Gasteiger partial charge is 0.120 e. The zero-order valence-electron chi connectivity index (χ0n) is 23.7. The molecular formula is C35H43NO3. The van der Waals surface area contributed by atoms with E-state index in [1.54, 1.807) is 0 Å². The van der Waals surface area contributed by atoms with E-state index >= 15 is 0 Å². The Morgan fingerprint density at radius 3 is 2.36 bits per heavy atom. The van der Waals surface area contributed by atoms with Crippen LogP contribution in [0.3, 0.4) is 0 Å². The van der Waals surface area contributed by atoms with Gasteiger partial charge in [0, 0.05) is 24.7 Å². The summed E-state index contributed by atoms with van der Waals surface area (Å²) in [5.74, 6) is 1.74. The van der Waals surface area contributed by atoms with Crippen LogP contribution in [0.1, 0.15) is 80.5 Å². The molecule has 206 valence electrons. The van der Waals surface area contributed by atoms with Crippen molar-refractivity contribution >= 4 is 5.69 Å². The van der Waals surface area contributed by atoms with Crippen molar-refractivity contribution in [2.75, 3.05) is 31.2 Å². The Hall–Kier alpha value is -2.82. The van der Waals surface area contributed by atoms with Gasteiger partial charge in [-0.2, -0.15) is 0 Å².